The second-order valence-electron chi connectivity index (χ2n) is 4.85. The molecular weight excluding hydrogens is 214 g/mol. The van der Waals surface area contributed by atoms with Crippen molar-refractivity contribution in [1.82, 2.24) is 15.2 Å². The first-order valence-corrected chi connectivity index (χ1v) is 6.09. The number of pyridine rings is 1. The number of likely N-dealkylation sites (N-methyl/N-ethyl adjacent to an activating group) is 1. The van der Waals surface area contributed by atoms with Crippen molar-refractivity contribution in [2.75, 3.05) is 20.1 Å². The van der Waals surface area contributed by atoms with Gasteiger partial charge in [0.15, 0.2) is 5.43 Å². The fraction of sp³-hybridized carbons (Fsp3) is 0.615. The minimum Gasteiger partial charge on any atom is -0.365 e. The summed E-state index contributed by atoms with van der Waals surface area (Å²) in [5.41, 5.74) is 1.84. The van der Waals surface area contributed by atoms with E-state index in [1.807, 2.05) is 20.2 Å². The molecule has 0 unspecified atom stereocenters. The fourth-order valence-corrected chi connectivity index (χ4v) is 1.64. The molecule has 2 N–H and O–H groups in total. The topological polar surface area (TPSA) is 48.1 Å². The van der Waals surface area contributed by atoms with Crippen molar-refractivity contribution in [1.29, 1.82) is 0 Å². The van der Waals surface area contributed by atoms with Crippen LogP contribution in [0.3, 0.4) is 0 Å². The molecule has 1 rings (SSSR count). The Labute approximate surface area is 103 Å². The van der Waals surface area contributed by atoms with E-state index >= 15 is 0 Å². The number of aryl methyl sites for hydroxylation is 1. The van der Waals surface area contributed by atoms with E-state index in [1.165, 1.54) is 0 Å². The number of hydrogen-bond donors (Lipinski definition) is 2. The smallest absolute Gasteiger partial charge is 0.186 e. The molecule has 1 aromatic heterocycles. The number of hydrogen-bond acceptors (Lipinski definition) is 3. The van der Waals surface area contributed by atoms with E-state index in [4.69, 9.17) is 0 Å². The summed E-state index contributed by atoms with van der Waals surface area (Å²) < 4.78 is 0. The largest absolute Gasteiger partial charge is 0.365 e. The van der Waals surface area contributed by atoms with Gasteiger partial charge in [0.05, 0.1) is 0 Å². The van der Waals surface area contributed by atoms with Crippen LogP contribution in [0.1, 0.15) is 25.1 Å². The molecule has 96 valence electrons. The zero-order chi connectivity index (χ0) is 12.8. The first-order valence-electron chi connectivity index (χ1n) is 6.09. The molecule has 0 aromatic carbocycles. The van der Waals surface area contributed by atoms with Crippen molar-refractivity contribution in [3.63, 3.8) is 0 Å². The maximum atomic E-state index is 11.7. The second-order valence-corrected chi connectivity index (χ2v) is 4.85. The summed E-state index contributed by atoms with van der Waals surface area (Å²) in [6.45, 7) is 8.72. The van der Waals surface area contributed by atoms with E-state index in [2.05, 4.69) is 29.0 Å². The Bertz CT molecular complexity index is 398. The second kappa shape index (κ2) is 6.57. The predicted octanol–water partition coefficient (Wildman–Crippen LogP) is 1.11. The molecule has 0 radical (unpaired) electrons. The first-order chi connectivity index (χ1) is 7.99. The molecule has 0 fully saturated rings. The van der Waals surface area contributed by atoms with Gasteiger partial charge in [-0.15, -0.1) is 0 Å². The van der Waals surface area contributed by atoms with Crippen LogP contribution in [-0.2, 0) is 6.54 Å². The summed E-state index contributed by atoms with van der Waals surface area (Å²) in [6.07, 6.45) is 1.81. The van der Waals surface area contributed by atoms with Crippen molar-refractivity contribution >= 4 is 0 Å². The van der Waals surface area contributed by atoms with E-state index in [0.717, 1.165) is 24.3 Å². The fourth-order valence-electron chi connectivity index (χ4n) is 1.64. The van der Waals surface area contributed by atoms with Gasteiger partial charge >= 0.3 is 0 Å². The summed E-state index contributed by atoms with van der Waals surface area (Å²) >= 11 is 0. The number of aromatic amines is 1. The molecule has 0 bridgehead atoms. The van der Waals surface area contributed by atoms with Gasteiger partial charge < -0.3 is 15.2 Å². The third-order valence-electron chi connectivity index (χ3n) is 2.62. The molecule has 1 aromatic rings. The van der Waals surface area contributed by atoms with Gasteiger partial charge in [-0.1, -0.05) is 13.8 Å². The molecule has 0 amide bonds. The highest BCUT2D eigenvalue weighted by atomic mass is 16.1. The lowest BCUT2D eigenvalue weighted by Crippen LogP contribution is -2.33. The SMILES string of the molecule is Cc1cc(=O)c(CN(C)CCNC(C)C)c[nH]1. The predicted molar refractivity (Wildman–Crippen MR) is 71.3 cm³/mol. The number of nitrogens with zero attached hydrogens (tertiary/aromatic N) is 1. The summed E-state index contributed by atoms with van der Waals surface area (Å²) in [4.78, 5) is 16.9. The van der Waals surface area contributed by atoms with Crippen LogP contribution in [0.4, 0.5) is 0 Å². The van der Waals surface area contributed by atoms with Crippen LogP contribution < -0.4 is 10.7 Å². The monoisotopic (exact) mass is 237 g/mol. The quantitative estimate of drug-likeness (QED) is 0.779. The Balaban J connectivity index is 2.45. The van der Waals surface area contributed by atoms with Crippen LogP contribution in [0.5, 0.6) is 0 Å². The molecule has 4 heteroatoms. The van der Waals surface area contributed by atoms with E-state index in [-0.39, 0.29) is 5.43 Å². The van der Waals surface area contributed by atoms with Gasteiger partial charge in [-0.25, -0.2) is 0 Å². The first kappa shape index (κ1) is 13.9. The van der Waals surface area contributed by atoms with E-state index in [0.29, 0.717) is 12.6 Å². The van der Waals surface area contributed by atoms with Crippen LogP contribution >= 0.6 is 0 Å². The molecule has 4 nitrogen and oxygen atoms in total. The van der Waals surface area contributed by atoms with Gasteiger partial charge in [0.1, 0.15) is 0 Å². The van der Waals surface area contributed by atoms with E-state index < -0.39 is 0 Å². The minimum atomic E-state index is 0.116. The number of nitrogens with one attached hydrogen (secondary N) is 2. The van der Waals surface area contributed by atoms with Crippen molar-refractivity contribution in [3.8, 4) is 0 Å². The summed E-state index contributed by atoms with van der Waals surface area (Å²) in [6, 6.07) is 2.15. The third kappa shape index (κ3) is 5.15. The lowest BCUT2D eigenvalue weighted by Gasteiger charge is -2.17. The maximum absolute atomic E-state index is 11.7. The molecule has 17 heavy (non-hydrogen) atoms. The highest BCUT2D eigenvalue weighted by Gasteiger charge is 2.04. The summed E-state index contributed by atoms with van der Waals surface area (Å²) in [7, 11) is 2.03. The Kier molecular flexibility index (Phi) is 5.38. The van der Waals surface area contributed by atoms with Crippen molar-refractivity contribution in [3.05, 3.63) is 33.7 Å². The van der Waals surface area contributed by atoms with Crippen LogP contribution in [0.25, 0.3) is 0 Å². The van der Waals surface area contributed by atoms with Crippen LogP contribution in [-0.4, -0.2) is 36.1 Å². The van der Waals surface area contributed by atoms with Gasteiger partial charge in [-0.2, -0.15) is 0 Å². The minimum absolute atomic E-state index is 0.116. The molecule has 0 aliphatic rings. The molecular formula is C13H23N3O. The average Bonchev–Trinajstić information content (AvgIpc) is 2.21. The van der Waals surface area contributed by atoms with Gasteiger partial charge in [0.2, 0.25) is 0 Å². The molecule has 0 atom stereocenters. The molecule has 0 spiro atoms. The molecule has 0 aliphatic carbocycles. The van der Waals surface area contributed by atoms with Gasteiger partial charge in [0.25, 0.3) is 0 Å². The lowest BCUT2D eigenvalue weighted by atomic mass is 10.2. The lowest BCUT2D eigenvalue weighted by molar-refractivity contribution is 0.319. The van der Waals surface area contributed by atoms with Crippen LogP contribution in [0, 0.1) is 6.92 Å². The summed E-state index contributed by atoms with van der Waals surface area (Å²) in [5, 5.41) is 3.36. The number of rotatable bonds is 6. The zero-order valence-corrected chi connectivity index (χ0v) is 11.2. The van der Waals surface area contributed by atoms with E-state index in [1.54, 1.807) is 6.07 Å². The van der Waals surface area contributed by atoms with Gasteiger partial charge in [0, 0.05) is 49.2 Å². The average molecular weight is 237 g/mol. The summed E-state index contributed by atoms with van der Waals surface area (Å²) in [5.74, 6) is 0. The molecule has 0 saturated heterocycles. The molecule has 0 aliphatic heterocycles. The van der Waals surface area contributed by atoms with Crippen molar-refractivity contribution in [2.24, 2.45) is 0 Å². The normalized spacial score (nSPS) is 11.4. The number of H-pyrrole nitrogens is 1. The maximum Gasteiger partial charge on any atom is 0.186 e. The number of aromatic nitrogens is 1. The third-order valence-corrected chi connectivity index (χ3v) is 2.62. The Morgan fingerprint density at radius 1 is 1.47 bits per heavy atom. The zero-order valence-electron chi connectivity index (χ0n) is 11.2. The van der Waals surface area contributed by atoms with Crippen LogP contribution in [0.15, 0.2) is 17.1 Å². The van der Waals surface area contributed by atoms with Crippen molar-refractivity contribution in [2.45, 2.75) is 33.4 Å². The van der Waals surface area contributed by atoms with Crippen LogP contribution in [0.2, 0.25) is 0 Å². The molecule has 0 saturated carbocycles. The highest BCUT2D eigenvalue weighted by Crippen LogP contribution is 1.96. The Morgan fingerprint density at radius 2 is 2.18 bits per heavy atom. The standard InChI is InChI=1S/C13H23N3O/c1-10(2)14-5-6-16(4)9-12-8-15-11(3)7-13(12)17/h7-8,10,14H,5-6,9H2,1-4H3,(H,15,17). The molecule has 1 heterocycles. The van der Waals surface area contributed by atoms with Crippen molar-refractivity contribution < 1.29 is 0 Å². The van der Waals surface area contributed by atoms with Gasteiger partial charge in [-0.05, 0) is 14.0 Å². The Morgan fingerprint density at radius 3 is 2.76 bits per heavy atom. The van der Waals surface area contributed by atoms with E-state index in [9.17, 15) is 4.79 Å². The highest BCUT2D eigenvalue weighted by molar-refractivity contribution is 5.13. The Hall–Kier alpha value is -1.13. The van der Waals surface area contributed by atoms with Gasteiger partial charge in [-0.3, -0.25) is 4.79 Å².